The van der Waals surface area contributed by atoms with Crippen molar-refractivity contribution in [3.63, 3.8) is 0 Å². The van der Waals surface area contributed by atoms with Gasteiger partial charge in [-0.15, -0.1) is 0 Å². The Morgan fingerprint density at radius 1 is 1.10 bits per heavy atom. The van der Waals surface area contributed by atoms with Gasteiger partial charge in [-0.25, -0.2) is 0 Å². The Balaban J connectivity index is 1.87. The largest absolute Gasteiger partial charge is 0.507 e. The summed E-state index contributed by atoms with van der Waals surface area (Å²) in [6.07, 6.45) is 3.35. The molecule has 2 aromatic rings. The maximum atomic E-state index is 13.0. The molecule has 1 unspecified atom stereocenters. The number of nitrogens with zero attached hydrogens (tertiary/aromatic N) is 2. The van der Waals surface area contributed by atoms with Crippen molar-refractivity contribution in [1.82, 2.24) is 4.90 Å². The molecule has 1 saturated heterocycles. The third-order valence-corrected chi connectivity index (χ3v) is 6.14. The van der Waals surface area contributed by atoms with Gasteiger partial charge in [0.15, 0.2) is 0 Å². The first-order valence-corrected chi connectivity index (χ1v) is 10.2. The van der Waals surface area contributed by atoms with E-state index in [1.165, 1.54) is 41.3 Å². The maximum Gasteiger partial charge on any atom is 0.295 e. The van der Waals surface area contributed by atoms with Crippen LogP contribution in [0.4, 0.5) is 5.69 Å². The molecule has 2 fully saturated rings. The number of aliphatic hydroxyl groups excluding tert-OH is 1. The second-order valence-corrected chi connectivity index (χ2v) is 8.07. The van der Waals surface area contributed by atoms with Crippen molar-refractivity contribution in [3.05, 3.63) is 74.3 Å². The number of aromatic hydroxyl groups is 1. The summed E-state index contributed by atoms with van der Waals surface area (Å²) >= 11 is 6.08. The molecule has 1 saturated carbocycles. The van der Waals surface area contributed by atoms with Gasteiger partial charge in [0.05, 0.1) is 21.6 Å². The van der Waals surface area contributed by atoms with E-state index in [0.717, 1.165) is 25.7 Å². The van der Waals surface area contributed by atoms with Gasteiger partial charge in [0.1, 0.15) is 11.5 Å². The number of Topliss-reactive ketones (excluding diaryl/α,β-unsaturated/α-hetero) is 1. The summed E-state index contributed by atoms with van der Waals surface area (Å²) in [6.45, 7) is 0. The number of hydrogen-bond donors (Lipinski definition) is 2. The van der Waals surface area contributed by atoms with Crippen molar-refractivity contribution in [2.75, 3.05) is 0 Å². The van der Waals surface area contributed by atoms with Crippen molar-refractivity contribution in [1.29, 1.82) is 0 Å². The number of nitro groups is 1. The van der Waals surface area contributed by atoms with Crippen molar-refractivity contribution in [3.8, 4) is 5.75 Å². The molecular formula is C22H19ClN2O6. The second-order valence-electron chi connectivity index (χ2n) is 7.66. The fourth-order valence-corrected chi connectivity index (χ4v) is 4.52. The van der Waals surface area contributed by atoms with Gasteiger partial charge < -0.3 is 15.1 Å². The number of phenolic OH excluding ortho intramolecular Hbond substituents is 1. The molecular weight excluding hydrogens is 424 g/mol. The fourth-order valence-electron chi connectivity index (χ4n) is 4.33. The first-order chi connectivity index (χ1) is 14.8. The summed E-state index contributed by atoms with van der Waals surface area (Å²) in [5.41, 5.74) is 0.402. The number of rotatable bonds is 4. The zero-order valence-corrected chi connectivity index (χ0v) is 17.1. The van der Waals surface area contributed by atoms with E-state index >= 15 is 0 Å². The Labute approximate surface area is 182 Å². The zero-order valence-electron chi connectivity index (χ0n) is 16.3. The van der Waals surface area contributed by atoms with Crippen LogP contribution in [0.25, 0.3) is 5.76 Å². The monoisotopic (exact) mass is 442 g/mol. The van der Waals surface area contributed by atoms with Gasteiger partial charge in [-0.3, -0.25) is 19.7 Å². The summed E-state index contributed by atoms with van der Waals surface area (Å²) in [4.78, 5) is 37.8. The molecule has 0 spiro atoms. The van der Waals surface area contributed by atoms with Crippen molar-refractivity contribution >= 4 is 34.7 Å². The van der Waals surface area contributed by atoms with Crippen LogP contribution in [-0.4, -0.2) is 37.8 Å². The van der Waals surface area contributed by atoms with E-state index in [2.05, 4.69) is 0 Å². The number of likely N-dealkylation sites (tertiary alicyclic amines) is 1. The predicted octanol–water partition coefficient (Wildman–Crippen LogP) is 4.32. The van der Waals surface area contributed by atoms with Gasteiger partial charge >= 0.3 is 0 Å². The Bertz CT molecular complexity index is 1110. The summed E-state index contributed by atoms with van der Waals surface area (Å²) in [7, 11) is 0. The molecule has 1 heterocycles. The van der Waals surface area contributed by atoms with E-state index in [-0.39, 0.29) is 33.6 Å². The fraction of sp³-hybridized carbons (Fsp3) is 0.273. The molecule has 8 nitrogen and oxygen atoms in total. The number of benzene rings is 2. The topological polar surface area (TPSA) is 121 Å². The molecule has 1 aliphatic heterocycles. The molecule has 2 N–H and O–H groups in total. The van der Waals surface area contributed by atoms with Crippen LogP contribution in [0.15, 0.2) is 48.0 Å². The molecule has 160 valence electrons. The average Bonchev–Trinajstić information content (AvgIpc) is 3.37. The molecule has 0 bridgehead atoms. The Morgan fingerprint density at radius 3 is 2.32 bits per heavy atom. The number of halogens is 1. The summed E-state index contributed by atoms with van der Waals surface area (Å²) < 4.78 is 0. The van der Waals surface area contributed by atoms with Crippen LogP contribution >= 0.6 is 11.6 Å². The van der Waals surface area contributed by atoms with Gasteiger partial charge in [-0.1, -0.05) is 30.5 Å². The van der Waals surface area contributed by atoms with Crippen LogP contribution in [0, 0.1) is 10.1 Å². The molecule has 1 aliphatic carbocycles. The van der Waals surface area contributed by atoms with Gasteiger partial charge in [0.2, 0.25) is 0 Å². The minimum absolute atomic E-state index is 0.0600. The van der Waals surface area contributed by atoms with Crippen molar-refractivity contribution in [2.24, 2.45) is 0 Å². The average molecular weight is 443 g/mol. The number of non-ortho nitro benzene ring substituents is 1. The van der Waals surface area contributed by atoms with E-state index in [9.17, 15) is 29.9 Å². The van der Waals surface area contributed by atoms with Gasteiger partial charge in [-0.2, -0.15) is 0 Å². The number of ketones is 1. The lowest BCUT2D eigenvalue weighted by atomic mass is 9.94. The van der Waals surface area contributed by atoms with Crippen LogP contribution in [0.3, 0.4) is 0 Å². The first kappa shape index (κ1) is 20.9. The quantitative estimate of drug-likeness (QED) is 0.239. The van der Waals surface area contributed by atoms with E-state index < -0.39 is 28.4 Å². The molecule has 1 amide bonds. The Kier molecular flexibility index (Phi) is 5.41. The van der Waals surface area contributed by atoms with Crippen LogP contribution in [0.5, 0.6) is 5.75 Å². The number of aliphatic hydroxyl groups is 1. The highest BCUT2D eigenvalue weighted by molar-refractivity contribution is 6.46. The third kappa shape index (κ3) is 3.63. The highest BCUT2D eigenvalue weighted by atomic mass is 35.5. The predicted molar refractivity (Wildman–Crippen MR) is 113 cm³/mol. The number of carbonyl (C=O) groups excluding carboxylic acids is 2. The third-order valence-electron chi connectivity index (χ3n) is 5.84. The van der Waals surface area contributed by atoms with Gasteiger partial charge in [0.25, 0.3) is 17.4 Å². The van der Waals surface area contributed by atoms with Crippen molar-refractivity contribution < 1.29 is 24.7 Å². The minimum Gasteiger partial charge on any atom is -0.507 e. The number of carbonyl (C=O) groups is 2. The Hall–Kier alpha value is -3.39. The Morgan fingerprint density at radius 2 is 1.74 bits per heavy atom. The summed E-state index contributed by atoms with van der Waals surface area (Å²) in [6, 6.07) is 8.46. The SMILES string of the molecule is O=C1C(=O)N(C2CCCC2)C(c2ccc(O)c(Cl)c2)/C1=C(/O)c1ccc([N+](=O)[O-])cc1. The molecule has 2 aliphatic rings. The molecule has 2 aromatic carbocycles. The lowest BCUT2D eigenvalue weighted by molar-refractivity contribution is -0.384. The lowest BCUT2D eigenvalue weighted by Crippen LogP contribution is -2.37. The van der Waals surface area contributed by atoms with Gasteiger partial charge in [-0.05, 0) is 42.7 Å². The molecule has 4 rings (SSSR count). The normalized spacial score (nSPS) is 21.1. The highest BCUT2D eigenvalue weighted by Gasteiger charge is 2.49. The zero-order chi connectivity index (χ0) is 22.3. The van der Waals surface area contributed by atoms with E-state index in [1.54, 1.807) is 6.07 Å². The first-order valence-electron chi connectivity index (χ1n) is 9.83. The molecule has 0 aromatic heterocycles. The molecule has 31 heavy (non-hydrogen) atoms. The van der Waals surface area contributed by atoms with Gasteiger partial charge in [0, 0.05) is 23.7 Å². The van der Waals surface area contributed by atoms with Crippen LogP contribution in [0.1, 0.15) is 42.9 Å². The lowest BCUT2D eigenvalue weighted by Gasteiger charge is -2.30. The summed E-state index contributed by atoms with van der Waals surface area (Å²) in [5.74, 6) is -2.08. The number of nitro benzene ring substituents is 1. The van der Waals surface area contributed by atoms with Crippen LogP contribution in [0.2, 0.25) is 5.02 Å². The van der Waals surface area contributed by atoms with Crippen molar-refractivity contribution in [2.45, 2.75) is 37.8 Å². The smallest absolute Gasteiger partial charge is 0.295 e. The van der Waals surface area contributed by atoms with Crippen LogP contribution < -0.4 is 0 Å². The minimum atomic E-state index is -0.878. The second kappa shape index (κ2) is 8.03. The molecule has 9 heteroatoms. The van der Waals surface area contributed by atoms with E-state index in [0.29, 0.717) is 5.56 Å². The standard InChI is InChI=1S/C22H19ClN2O6/c23-16-11-13(7-10-17(16)26)19-18(20(27)12-5-8-15(9-6-12)25(30)31)21(28)22(29)24(19)14-3-1-2-4-14/h5-11,14,19,26-27H,1-4H2/b20-18-. The number of phenols is 1. The number of amides is 1. The molecule has 1 atom stereocenters. The highest BCUT2D eigenvalue weighted by Crippen LogP contribution is 2.44. The van der Waals surface area contributed by atoms with E-state index in [4.69, 9.17) is 11.6 Å². The maximum absolute atomic E-state index is 13.0. The summed E-state index contributed by atoms with van der Waals surface area (Å²) in [5, 5.41) is 31.8. The van der Waals surface area contributed by atoms with Crippen LogP contribution in [-0.2, 0) is 9.59 Å². The number of hydrogen-bond acceptors (Lipinski definition) is 6. The van der Waals surface area contributed by atoms with E-state index in [1.807, 2.05) is 0 Å². The molecule has 0 radical (unpaired) electrons.